The molecule has 1 N–H and O–H groups in total. The first kappa shape index (κ1) is 18.2. The summed E-state index contributed by atoms with van der Waals surface area (Å²) in [5.41, 5.74) is 4.51. The molecule has 1 aromatic carbocycles. The summed E-state index contributed by atoms with van der Waals surface area (Å²) in [5.74, 6) is 1.06. The van der Waals surface area contributed by atoms with Crippen LogP contribution in [0.25, 0.3) is 0 Å². The summed E-state index contributed by atoms with van der Waals surface area (Å²) in [6.07, 6.45) is 4.81. The molecule has 2 aliphatic heterocycles. The number of piperidine rings is 1. The van der Waals surface area contributed by atoms with Crippen molar-refractivity contribution >= 4 is 5.69 Å². The van der Waals surface area contributed by atoms with Gasteiger partial charge in [0.2, 0.25) is 0 Å². The Morgan fingerprint density at radius 2 is 1.81 bits per heavy atom. The zero-order valence-corrected chi connectivity index (χ0v) is 16.5. The normalized spacial score (nSPS) is 18.0. The third-order valence-corrected chi connectivity index (χ3v) is 5.78. The molecule has 0 atom stereocenters. The number of H-pyrrole nitrogens is 1. The molecule has 3 heterocycles. The van der Waals surface area contributed by atoms with Gasteiger partial charge in [-0.2, -0.15) is 0 Å². The molecule has 4 rings (SSSR count). The second-order valence-corrected chi connectivity index (χ2v) is 8.21. The minimum absolute atomic E-state index is 0.0360. The van der Waals surface area contributed by atoms with Crippen molar-refractivity contribution in [2.75, 3.05) is 24.5 Å². The highest BCUT2D eigenvalue weighted by molar-refractivity contribution is 5.47. The monoisotopic (exact) mass is 366 g/mol. The van der Waals surface area contributed by atoms with Crippen LogP contribution in [-0.4, -0.2) is 34.5 Å². The van der Waals surface area contributed by atoms with Crippen LogP contribution in [0.1, 0.15) is 61.7 Å². The maximum Gasteiger partial charge on any atom is 0.255 e. The SMILES string of the molecule is CC(C)c1nc2c(c(=O)[nH]1)CN(Cc1ccc(N3CCCCC3)cc1)CC2. The van der Waals surface area contributed by atoms with Crippen LogP contribution in [0, 0.1) is 0 Å². The molecule has 0 saturated carbocycles. The van der Waals surface area contributed by atoms with E-state index < -0.39 is 0 Å². The first-order valence-corrected chi connectivity index (χ1v) is 10.3. The molecule has 0 radical (unpaired) electrons. The maximum absolute atomic E-state index is 12.5. The zero-order valence-electron chi connectivity index (χ0n) is 16.5. The fourth-order valence-corrected chi connectivity index (χ4v) is 4.13. The van der Waals surface area contributed by atoms with E-state index >= 15 is 0 Å². The lowest BCUT2D eigenvalue weighted by Crippen LogP contribution is -2.36. The number of benzene rings is 1. The maximum atomic E-state index is 12.5. The Hall–Kier alpha value is -2.14. The van der Waals surface area contributed by atoms with E-state index in [4.69, 9.17) is 4.98 Å². The van der Waals surface area contributed by atoms with Gasteiger partial charge in [-0.05, 0) is 37.0 Å². The molecule has 27 heavy (non-hydrogen) atoms. The summed E-state index contributed by atoms with van der Waals surface area (Å²) < 4.78 is 0. The van der Waals surface area contributed by atoms with E-state index in [1.165, 1.54) is 43.6 Å². The fourth-order valence-electron chi connectivity index (χ4n) is 4.13. The van der Waals surface area contributed by atoms with Gasteiger partial charge >= 0.3 is 0 Å². The average molecular weight is 367 g/mol. The number of hydrogen-bond acceptors (Lipinski definition) is 4. The van der Waals surface area contributed by atoms with E-state index in [0.717, 1.165) is 36.6 Å². The molecule has 0 unspecified atom stereocenters. The van der Waals surface area contributed by atoms with Gasteiger partial charge in [-0.1, -0.05) is 26.0 Å². The lowest BCUT2D eigenvalue weighted by molar-refractivity contribution is 0.241. The highest BCUT2D eigenvalue weighted by Gasteiger charge is 2.22. The van der Waals surface area contributed by atoms with Crippen LogP contribution in [-0.2, 0) is 19.5 Å². The lowest BCUT2D eigenvalue weighted by Gasteiger charge is -2.30. The second kappa shape index (κ2) is 7.85. The lowest BCUT2D eigenvalue weighted by atomic mass is 10.0. The molecule has 1 saturated heterocycles. The van der Waals surface area contributed by atoms with Crippen LogP contribution >= 0.6 is 0 Å². The van der Waals surface area contributed by atoms with Gasteiger partial charge in [0.05, 0.1) is 11.3 Å². The molecule has 2 aliphatic rings. The van der Waals surface area contributed by atoms with Gasteiger partial charge in [0.1, 0.15) is 5.82 Å². The number of nitrogens with one attached hydrogen (secondary N) is 1. The van der Waals surface area contributed by atoms with Crippen molar-refractivity contribution in [3.63, 3.8) is 0 Å². The smallest absolute Gasteiger partial charge is 0.255 e. The van der Waals surface area contributed by atoms with Crippen molar-refractivity contribution < 1.29 is 0 Å². The topological polar surface area (TPSA) is 52.2 Å². The minimum atomic E-state index is 0.0360. The molecule has 0 amide bonds. The van der Waals surface area contributed by atoms with Crippen LogP contribution in [0.3, 0.4) is 0 Å². The molecule has 144 valence electrons. The molecule has 5 heteroatoms. The molecule has 1 fully saturated rings. The molecular formula is C22H30N4O. The molecular weight excluding hydrogens is 336 g/mol. The Bertz CT molecular complexity index is 834. The predicted molar refractivity (Wildman–Crippen MR) is 109 cm³/mol. The number of anilines is 1. The number of aromatic nitrogens is 2. The summed E-state index contributed by atoms with van der Waals surface area (Å²) >= 11 is 0. The number of hydrogen-bond donors (Lipinski definition) is 1. The van der Waals surface area contributed by atoms with Gasteiger partial charge in [0, 0.05) is 50.7 Å². The van der Waals surface area contributed by atoms with Gasteiger partial charge in [-0.3, -0.25) is 9.69 Å². The first-order valence-electron chi connectivity index (χ1n) is 10.3. The van der Waals surface area contributed by atoms with Crippen LogP contribution in [0.5, 0.6) is 0 Å². The Morgan fingerprint density at radius 3 is 2.52 bits per heavy atom. The first-order chi connectivity index (χ1) is 13.1. The Morgan fingerprint density at radius 1 is 1.07 bits per heavy atom. The van der Waals surface area contributed by atoms with Crippen LogP contribution < -0.4 is 10.5 Å². The number of aromatic amines is 1. The van der Waals surface area contributed by atoms with Crippen LogP contribution in [0.4, 0.5) is 5.69 Å². The van der Waals surface area contributed by atoms with Crippen molar-refractivity contribution in [1.82, 2.24) is 14.9 Å². The molecule has 0 spiro atoms. The standard InChI is InChI=1S/C22H30N4O/c1-16(2)21-23-20-10-13-25(15-19(20)22(27)24-21)14-17-6-8-18(9-7-17)26-11-4-3-5-12-26/h6-9,16H,3-5,10-15H2,1-2H3,(H,23,24,27). The molecule has 2 aromatic rings. The predicted octanol–water partition coefficient (Wildman–Crippen LogP) is 3.44. The van der Waals surface area contributed by atoms with Crippen molar-refractivity contribution in [1.29, 1.82) is 0 Å². The summed E-state index contributed by atoms with van der Waals surface area (Å²) in [5, 5.41) is 0. The Kier molecular flexibility index (Phi) is 5.30. The summed E-state index contributed by atoms with van der Waals surface area (Å²) in [4.78, 5) is 25.0. The number of rotatable bonds is 4. The molecule has 0 aliphatic carbocycles. The highest BCUT2D eigenvalue weighted by atomic mass is 16.1. The quantitative estimate of drug-likeness (QED) is 0.901. The van der Waals surface area contributed by atoms with E-state index in [2.05, 4.69) is 52.9 Å². The van der Waals surface area contributed by atoms with Gasteiger partial charge in [-0.25, -0.2) is 4.98 Å². The van der Waals surface area contributed by atoms with E-state index in [9.17, 15) is 4.79 Å². The third-order valence-electron chi connectivity index (χ3n) is 5.78. The highest BCUT2D eigenvalue weighted by Crippen LogP contribution is 2.22. The third kappa shape index (κ3) is 4.08. The van der Waals surface area contributed by atoms with Gasteiger partial charge in [-0.15, -0.1) is 0 Å². The van der Waals surface area contributed by atoms with E-state index in [1.54, 1.807) is 0 Å². The summed E-state index contributed by atoms with van der Waals surface area (Å²) in [6.45, 7) is 9.00. The van der Waals surface area contributed by atoms with E-state index in [1.807, 2.05) is 0 Å². The zero-order chi connectivity index (χ0) is 18.8. The number of nitrogens with zero attached hydrogens (tertiary/aromatic N) is 3. The molecule has 1 aromatic heterocycles. The van der Waals surface area contributed by atoms with E-state index in [0.29, 0.717) is 6.54 Å². The number of fused-ring (bicyclic) bond motifs is 1. The average Bonchev–Trinajstić information content (AvgIpc) is 2.69. The van der Waals surface area contributed by atoms with Gasteiger partial charge in [0.15, 0.2) is 0 Å². The van der Waals surface area contributed by atoms with Crippen molar-refractivity contribution in [2.24, 2.45) is 0 Å². The second-order valence-electron chi connectivity index (χ2n) is 8.21. The van der Waals surface area contributed by atoms with Crippen molar-refractivity contribution in [3.8, 4) is 0 Å². The Labute approximate surface area is 161 Å². The Balaban J connectivity index is 1.43. The fraction of sp³-hybridized carbons (Fsp3) is 0.545. The van der Waals surface area contributed by atoms with E-state index in [-0.39, 0.29) is 11.5 Å². The van der Waals surface area contributed by atoms with Gasteiger partial charge < -0.3 is 9.88 Å². The largest absolute Gasteiger partial charge is 0.372 e. The van der Waals surface area contributed by atoms with Crippen molar-refractivity contribution in [2.45, 2.75) is 58.5 Å². The molecule has 5 nitrogen and oxygen atoms in total. The van der Waals surface area contributed by atoms with Crippen LogP contribution in [0.2, 0.25) is 0 Å². The minimum Gasteiger partial charge on any atom is -0.372 e. The van der Waals surface area contributed by atoms with Crippen LogP contribution in [0.15, 0.2) is 29.1 Å². The summed E-state index contributed by atoms with van der Waals surface area (Å²) in [6, 6.07) is 8.98. The molecule has 0 bridgehead atoms. The van der Waals surface area contributed by atoms with Crippen molar-refractivity contribution in [3.05, 3.63) is 57.3 Å². The summed E-state index contributed by atoms with van der Waals surface area (Å²) in [7, 11) is 0. The van der Waals surface area contributed by atoms with Gasteiger partial charge in [0.25, 0.3) is 5.56 Å².